The highest BCUT2D eigenvalue weighted by Crippen LogP contribution is 2.18. The summed E-state index contributed by atoms with van der Waals surface area (Å²) in [6, 6.07) is -0.170. The van der Waals surface area contributed by atoms with Crippen LogP contribution >= 0.6 is 45.2 Å². The van der Waals surface area contributed by atoms with Crippen molar-refractivity contribution in [2.24, 2.45) is 0 Å². The second-order valence-electron chi connectivity index (χ2n) is 3.71. The van der Waals surface area contributed by atoms with Gasteiger partial charge in [-0.25, -0.2) is 4.68 Å². The maximum atomic E-state index is 11.6. The van der Waals surface area contributed by atoms with E-state index in [1.165, 1.54) is 0 Å². The van der Waals surface area contributed by atoms with Gasteiger partial charge in [-0.3, -0.25) is 4.79 Å². The van der Waals surface area contributed by atoms with E-state index >= 15 is 0 Å². The Morgan fingerprint density at radius 1 is 1.65 bits per heavy atom. The summed E-state index contributed by atoms with van der Waals surface area (Å²) >= 11 is 4.08. The summed E-state index contributed by atoms with van der Waals surface area (Å²) in [5.41, 5.74) is 0.876. The molecule has 0 radical (unpaired) electrons. The number of halogens is 2. The quantitative estimate of drug-likeness (QED) is 0.279. The molecule has 0 fully saturated rings. The van der Waals surface area contributed by atoms with E-state index in [0.29, 0.717) is 6.54 Å². The van der Waals surface area contributed by atoms with Gasteiger partial charge < -0.3 is 5.32 Å². The zero-order valence-corrected chi connectivity index (χ0v) is 14.0. The minimum atomic E-state index is -0.170. The van der Waals surface area contributed by atoms with Crippen LogP contribution in [0.1, 0.15) is 37.9 Å². The molecule has 0 spiro atoms. The second-order valence-corrected chi connectivity index (χ2v) is 5.54. The van der Waals surface area contributed by atoms with Crippen LogP contribution in [0.4, 0.5) is 0 Å². The highest BCUT2D eigenvalue weighted by Gasteiger charge is 2.18. The number of carbonyl (C=O) groups excluding carboxylic acids is 1. The summed E-state index contributed by atoms with van der Waals surface area (Å²) in [7, 11) is 0. The van der Waals surface area contributed by atoms with E-state index in [9.17, 15) is 4.79 Å². The summed E-state index contributed by atoms with van der Waals surface area (Å²) in [4.78, 5) is 11.6. The van der Waals surface area contributed by atoms with Gasteiger partial charge in [0.25, 0.3) is 0 Å². The number of rotatable bonds is 8. The molecular formula is C10H16I2N4O. The number of nitrogens with zero attached hydrogens (tertiary/aromatic N) is 3. The van der Waals surface area contributed by atoms with Crippen LogP contribution in [0.3, 0.4) is 0 Å². The summed E-state index contributed by atoms with van der Waals surface area (Å²) in [5, 5.41) is 11.3. The Bertz CT molecular complexity index is 356. The Morgan fingerprint density at radius 3 is 3.00 bits per heavy atom. The first kappa shape index (κ1) is 15.3. The monoisotopic (exact) mass is 462 g/mol. The van der Waals surface area contributed by atoms with E-state index < -0.39 is 0 Å². The molecule has 5 nitrogen and oxygen atoms in total. The van der Waals surface area contributed by atoms with Crippen molar-refractivity contribution < 1.29 is 4.79 Å². The zero-order chi connectivity index (χ0) is 12.7. The van der Waals surface area contributed by atoms with Crippen LogP contribution in [-0.4, -0.2) is 23.3 Å². The molecule has 0 saturated heterocycles. The van der Waals surface area contributed by atoms with Crippen molar-refractivity contribution in [1.29, 1.82) is 0 Å². The minimum Gasteiger partial charge on any atom is -0.302 e. The number of nitrogens with one attached hydrogen (secondary N) is 1. The van der Waals surface area contributed by atoms with Crippen LogP contribution in [0.2, 0.25) is 0 Å². The molecule has 1 heterocycles. The third-order valence-corrected chi connectivity index (χ3v) is 3.63. The Hall–Kier alpha value is 0.230. The van der Waals surface area contributed by atoms with Crippen molar-refractivity contribution in [2.75, 3.05) is 4.55 Å². The van der Waals surface area contributed by atoms with E-state index in [-0.39, 0.29) is 9.83 Å². The molecule has 1 atom stereocenters. The zero-order valence-electron chi connectivity index (χ0n) is 9.70. The van der Waals surface area contributed by atoms with Gasteiger partial charge in [-0.15, -0.1) is 5.10 Å². The van der Waals surface area contributed by atoms with Crippen LogP contribution < -0.4 is 5.32 Å². The smallest absolute Gasteiger partial charge is 0.216 e. The van der Waals surface area contributed by atoms with Gasteiger partial charge in [-0.1, -0.05) is 47.6 Å². The summed E-state index contributed by atoms with van der Waals surface area (Å²) < 4.78 is 2.68. The minimum absolute atomic E-state index is 0.120. The molecule has 0 bridgehead atoms. The second kappa shape index (κ2) is 8.35. The summed E-state index contributed by atoms with van der Waals surface area (Å²) in [5.74, 6) is 0. The molecule has 1 unspecified atom stereocenters. The number of hydrogen-bond donors (Lipinski definition) is 1. The lowest BCUT2D eigenvalue weighted by Gasteiger charge is -2.11. The van der Waals surface area contributed by atoms with Crippen molar-refractivity contribution in [3.8, 4) is 0 Å². The average Bonchev–Trinajstić information content (AvgIpc) is 2.75. The SMILES string of the molecule is CCCCC(C(=O)I)n1cc(CNCI)nn1. The molecule has 7 heteroatoms. The third-order valence-electron chi connectivity index (χ3n) is 2.37. The van der Waals surface area contributed by atoms with Crippen molar-refractivity contribution in [3.63, 3.8) is 0 Å². The van der Waals surface area contributed by atoms with Gasteiger partial charge in [0, 0.05) is 33.7 Å². The largest absolute Gasteiger partial charge is 0.302 e. The fraction of sp³-hybridized carbons (Fsp3) is 0.700. The van der Waals surface area contributed by atoms with Gasteiger partial charge in [0.05, 0.1) is 11.9 Å². The van der Waals surface area contributed by atoms with Gasteiger partial charge in [0.2, 0.25) is 3.79 Å². The van der Waals surface area contributed by atoms with E-state index in [1.807, 2.05) is 28.8 Å². The Balaban J connectivity index is 2.66. The van der Waals surface area contributed by atoms with Crippen LogP contribution in [0.25, 0.3) is 0 Å². The van der Waals surface area contributed by atoms with Crippen molar-refractivity contribution in [2.45, 2.75) is 38.8 Å². The first-order valence-corrected chi connectivity index (χ1v) is 8.16. The molecule has 0 aromatic carbocycles. The number of aromatic nitrogens is 3. The fourth-order valence-corrected chi connectivity index (χ4v) is 2.34. The fourth-order valence-electron chi connectivity index (χ4n) is 1.47. The lowest BCUT2D eigenvalue weighted by molar-refractivity contribution is -0.112. The van der Waals surface area contributed by atoms with E-state index in [1.54, 1.807) is 4.68 Å². The van der Waals surface area contributed by atoms with Crippen molar-refractivity contribution in [3.05, 3.63) is 11.9 Å². The predicted molar refractivity (Wildman–Crippen MR) is 83.3 cm³/mol. The highest BCUT2D eigenvalue weighted by molar-refractivity contribution is 14.1. The van der Waals surface area contributed by atoms with E-state index in [2.05, 4.69) is 45.1 Å². The normalized spacial score (nSPS) is 12.6. The highest BCUT2D eigenvalue weighted by atomic mass is 127. The van der Waals surface area contributed by atoms with Crippen LogP contribution in [-0.2, 0) is 11.3 Å². The van der Waals surface area contributed by atoms with Gasteiger partial charge in [0.15, 0.2) is 0 Å². The Morgan fingerprint density at radius 2 is 2.41 bits per heavy atom. The first-order valence-electron chi connectivity index (χ1n) is 5.55. The molecule has 1 rings (SSSR count). The van der Waals surface area contributed by atoms with Crippen LogP contribution in [0.15, 0.2) is 6.20 Å². The summed E-state index contributed by atoms with van der Waals surface area (Å²) in [6.45, 7) is 2.81. The maximum Gasteiger partial charge on any atom is 0.216 e. The number of hydrogen-bond acceptors (Lipinski definition) is 4. The van der Waals surface area contributed by atoms with Gasteiger partial charge >= 0.3 is 0 Å². The van der Waals surface area contributed by atoms with Gasteiger partial charge in [0.1, 0.15) is 6.04 Å². The standard InChI is InChI=1S/C10H16I2N4O/c1-2-3-4-9(10(12)17)16-6-8(14-15-16)5-13-7-11/h6,9,13H,2-5,7H2,1H3. The van der Waals surface area contributed by atoms with Crippen LogP contribution in [0, 0.1) is 0 Å². The molecule has 1 aromatic rings. The molecule has 0 aliphatic heterocycles. The molecule has 0 amide bonds. The van der Waals surface area contributed by atoms with E-state index in [0.717, 1.165) is 29.5 Å². The number of carbonyl (C=O) groups is 1. The number of alkyl halides is 1. The maximum absolute atomic E-state index is 11.6. The molecule has 0 aliphatic rings. The van der Waals surface area contributed by atoms with Gasteiger partial charge in [-0.2, -0.15) is 0 Å². The lowest BCUT2D eigenvalue weighted by atomic mass is 10.1. The predicted octanol–water partition coefficient (Wildman–Crippen LogP) is 2.45. The lowest BCUT2D eigenvalue weighted by Crippen LogP contribution is -2.16. The topological polar surface area (TPSA) is 59.8 Å². The molecule has 0 aliphatic carbocycles. The molecule has 17 heavy (non-hydrogen) atoms. The Labute approximate surface area is 128 Å². The van der Waals surface area contributed by atoms with E-state index in [4.69, 9.17) is 0 Å². The first-order chi connectivity index (χ1) is 8.19. The van der Waals surface area contributed by atoms with Crippen LogP contribution in [0.5, 0.6) is 0 Å². The molecular weight excluding hydrogens is 446 g/mol. The molecule has 1 aromatic heterocycles. The molecule has 96 valence electrons. The average molecular weight is 462 g/mol. The molecule has 0 saturated carbocycles. The Kier molecular flexibility index (Phi) is 7.51. The third kappa shape index (κ3) is 5.16. The summed E-state index contributed by atoms with van der Waals surface area (Å²) in [6.07, 6.45) is 4.80. The van der Waals surface area contributed by atoms with Gasteiger partial charge in [-0.05, 0) is 6.42 Å². The van der Waals surface area contributed by atoms with Crippen molar-refractivity contribution in [1.82, 2.24) is 20.3 Å². The van der Waals surface area contributed by atoms with Crippen molar-refractivity contribution >= 4 is 49.0 Å². The molecule has 1 N–H and O–H groups in total. The number of unbranched alkanes of at least 4 members (excludes halogenated alkanes) is 1.